The van der Waals surface area contributed by atoms with Gasteiger partial charge in [0.25, 0.3) is 0 Å². The van der Waals surface area contributed by atoms with Crippen molar-refractivity contribution in [1.29, 1.82) is 0 Å². The van der Waals surface area contributed by atoms with Crippen LogP contribution in [0.4, 0.5) is 0 Å². The summed E-state index contributed by atoms with van der Waals surface area (Å²) in [4.78, 5) is 72.4. The molecular formula is C35H40BrN9O4. The Labute approximate surface area is 292 Å². The average molecular weight is 731 g/mol. The zero-order valence-electron chi connectivity index (χ0n) is 28.0. The van der Waals surface area contributed by atoms with Crippen molar-refractivity contribution in [1.82, 2.24) is 35.3 Å². The lowest BCUT2D eigenvalue weighted by molar-refractivity contribution is -0.140. The van der Waals surface area contributed by atoms with Crippen molar-refractivity contribution in [2.24, 2.45) is 15.4 Å². The highest BCUT2D eigenvalue weighted by molar-refractivity contribution is 9.18. The van der Waals surface area contributed by atoms with Gasteiger partial charge >= 0.3 is 0 Å². The zero-order valence-corrected chi connectivity index (χ0v) is 29.5. The summed E-state index contributed by atoms with van der Waals surface area (Å²) in [5.41, 5.74) is 3.21. The first-order valence-corrected chi connectivity index (χ1v) is 17.4. The van der Waals surface area contributed by atoms with E-state index in [2.05, 4.69) is 59.3 Å². The molecule has 2 N–H and O–H groups in total. The van der Waals surface area contributed by atoms with Crippen LogP contribution in [0.1, 0.15) is 80.7 Å². The second kappa shape index (κ2) is 14.1. The first-order chi connectivity index (χ1) is 23.5. The quantitative estimate of drug-likeness (QED) is 0.280. The monoisotopic (exact) mass is 729 g/mol. The lowest BCUT2D eigenvalue weighted by Gasteiger charge is -2.27. The maximum atomic E-state index is 14.4. The van der Waals surface area contributed by atoms with E-state index in [0.29, 0.717) is 48.1 Å². The highest BCUT2D eigenvalue weighted by Gasteiger charge is 2.67. The van der Waals surface area contributed by atoms with Crippen LogP contribution in [0.25, 0.3) is 22.0 Å². The molecule has 1 aliphatic carbocycles. The van der Waals surface area contributed by atoms with Crippen molar-refractivity contribution in [3.05, 3.63) is 53.6 Å². The van der Waals surface area contributed by atoms with E-state index in [0.717, 1.165) is 47.9 Å². The highest BCUT2D eigenvalue weighted by atomic mass is 79.9. The second-order valence-electron chi connectivity index (χ2n) is 13.2. The molecule has 2 aliphatic heterocycles. The molecule has 14 heteroatoms. The molecule has 1 aromatic carbocycles. The predicted molar refractivity (Wildman–Crippen MR) is 189 cm³/mol. The minimum absolute atomic E-state index is 0.0221. The number of amides is 3. The number of aliphatic imine (C=N–C) groups is 2. The van der Waals surface area contributed by atoms with Gasteiger partial charge in [0.1, 0.15) is 24.1 Å². The lowest BCUT2D eigenvalue weighted by Crippen LogP contribution is -2.48. The molecule has 49 heavy (non-hydrogen) atoms. The number of carbonyl (C=O) groups excluding carboxylic acids is 4. The second-order valence-corrected chi connectivity index (χ2v) is 14.3. The van der Waals surface area contributed by atoms with Gasteiger partial charge in [-0.25, -0.2) is 15.0 Å². The molecule has 2 fully saturated rings. The largest absolute Gasteiger partial charge is 0.355 e. The highest BCUT2D eigenvalue weighted by Crippen LogP contribution is 2.59. The van der Waals surface area contributed by atoms with E-state index in [1.807, 2.05) is 13.0 Å². The standard InChI is InChI=1S/C35H40BrN9O4/c1-20(46)32-26-12-24(25-15-38-22(3)39-16-25)11-23-9-7-5-6-8-10-30(47)40-19-35-13-27(34(49)42-29(17-37-4)41-21(2)36)45(28(35)14-35)31(48)18-44(43-32)33(23)26/h11-12,15-17,27-28H,4-10,13-14,18-19H2,1-3H3,(H,40,47)(H,42,49)/b29-17+,41-21?/t27-,28+,35-/m0/s1. The Morgan fingerprint density at radius 2 is 1.82 bits per heavy atom. The minimum atomic E-state index is -0.817. The minimum Gasteiger partial charge on any atom is -0.355 e. The fourth-order valence-electron chi connectivity index (χ4n) is 7.22. The zero-order chi connectivity index (χ0) is 34.9. The summed E-state index contributed by atoms with van der Waals surface area (Å²) in [6.45, 7) is 8.71. The van der Waals surface area contributed by atoms with E-state index in [9.17, 15) is 19.2 Å². The van der Waals surface area contributed by atoms with Gasteiger partial charge in [-0.2, -0.15) is 5.10 Å². The number of rotatable bonds is 6. The van der Waals surface area contributed by atoms with E-state index in [1.54, 1.807) is 28.9 Å². The summed E-state index contributed by atoms with van der Waals surface area (Å²) >= 11 is 3.29. The molecule has 2 aromatic heterocycles. The Hall–Kier alpha value is -4.59. The van der Waals surface area contributed by atoms with Crippen molar-refractivity contribution in [2.75, 3.05) is 6.54 Å². The lowest BCUT2D eigenvalue weighted by atomic mass is 9.96. The van der Waals surface area contributed by atoms with Gasteiger partial charge in [-0.3, -0.25) is 28.9 Å². The van der Waals surface area contributed by atoms with Crippen LogP contribution in [0, 0.1) is 12.3 Å². The SMILES string of the molecule is C=N/C=C(\N=C(C)Br)NC(=O)[C@@H]1C[C@]23CNC(=O)CCCCCCc4cc(-c5cnc(C)nc5)cc5c(C(C)=O)nn(c45)CC(=O)N1[C@@H]2C3. The number of aryl methyl sites for hydroxylation is 2. The Kier molecular flexibility index (Phi) is 9.87. The van der Waals surface area contributed by atoms with Gasteiger partial charge in [0.2, 0.25) is 17.7 Å². The molecule has 13 nitrogen and oxygen atoms in total. The van der Waals surface area contributed by atoms with Crippen molar-refractivity contribution >= 4 is 61.7 Å². The Bertz CT molecular complexity index is 1900. The van der Waals surface area contributed by atoms with Gasteiger partial charge < -0.3 is 15.5 Å². The number of nitrogens with zero attached hydrogens (tertiary/aromatic N) is 7. The molecule has 3 aliphatic rings. The number of carbonyl (C=O) groups is 4. The Morgan fingerprint density at radius 3 is 2.51 bits per heavy atom. The maximum absolute atomic E-state index is 14.4. The maximum Gasteiger partial charge on any atom is 0.248 e. The van der Waals surface area contributed by atoms with Crippen LogP contribution in [0.2, 0.25) is 0 Å². The van der Waals surface area contributed by atoms with Gasteiger partial charge in [-0.05, 0) is 91.9 Å². The van der Waals surface area contributed by atoms with E-state index < -0.39 is 17.4 Å². The van der Waals surface area contributed by atoms with Crippen LogP contribution >= 0.6 is 15.9 Å². The predicted octanol–water partition coefficient (Wildman–Crippen LogP) is 4.42. The van der Waals surface area contributed by atoms with E-state index in [-0.39, 0.29) is 41.7 Å². The van der Waals surface area contributed by atoms with E-state index >= 15 is 0 Å². The number of hydrogen-bond donors (Lipinski definition) is 2. The summed E-state index contributed by atoms with van der Waals surface area (Å²) in [6, 6.07) is 2.93. The number of ketones is 1. The molecule has 2 bridgehead atoms. The van der Waals surface area contributed by atoms with Gasteiger partial charge in [0.05, 0.1) is 16.3 Å². The number of halogens is 1. The Morgan fingerprint density at radius 1 is 1.08 bits per heavy atom. The van der Waals surface area contributed by atoms with Crippen LogP contribution in [-0.4, -0.2) is 78.1 Å². The molecule has 0 spiro atoms. The third-order valence-electron chi connectivity index (χ3n) is 9.64. The van der Waals surface area contributed by atoms with E-state index in [4.69, 9.17) is 5.10 Å². The summed E-state index contributed by atoms with van der Waals surface area (Å²) in [6.07, 6.45) is 10.4. The summed E-state index contributed by atoms with van der Waals surface area (Å²) in [5.74, 6) is -0.103. The summed E-state index contributed by atoms with van der Waals surface area (Å²) in [7, 11) is 0. The fraction of sp³-hybridized carbons (Fsp3) is 0.457. The Balaban J connectivity index is 1.42. The first-order valence-electron chi connectivity index (χ1n) is 16.6. The average Bonchev–Trinajstić information content (AvgIpc) is 3.46. The number of piperidine rings is 1. The molecule has 6 rings (SSSR count). The third kappa shape index (κ3) is 7.24. The van der Waals surface area contributed by atoms with Gasteiger partial charge in [0.15, 0.2) is 11.6 Å². The van der Waals surface area contributed by atoms with Gasteiger partial charge in [0, 0.05) is 54.7 Å². The van der Waals surface area contributed by atoms with Crippen LogP contribution in [-0.2, 0) is 27.3 Å². The normalized spacial score (nSPS) is 23.5. The van der Waals surface area contributed by atoms with Crippen LogP contribution in [0.3, 0.4) is 0 Å². The van der Waals surface area contributed by atoms with Crippen LogP contribution in [0.15, 0.2) is 46.5 Å². The molecule has 256 valence electrons. The van der Waals surface area contributed by atoms with Crippen molar-refractivity contribution in [2.45, 2.75) is 90.8 Å². The number of nitrogens with one attached hydrogen (secondary N) is 2. The van der Waals surface area contributed by atoms with E-state index in [1.165, 1.54) is 13.1 Å². The molecule has 4 heterocycles. The molecule has 1 saturated heterocycles. The number of aromatic nitrogens is 4. The topological polar surface area (TPSA) is 164 Å². The molecule has 3 amide bonds. The van der Waals surface area contributed by atoms with Gasteiger partial charge in [-0.15, -0.1) is 0 Å². The number of hydrogen-bond acceptors (Lipinski definition) is 9. The molecule has 1 saturated carbocycles. The number of Topliss-reactive ketones (excluding diaryl/α,β-unsaturated/α-hetero) is 1. The van der Waals surface area contributed by atoms with Crippen molar-refractivity contribution < 1.29 is 19.2 Å². The molecule has 0 radical (unpaired) electrons. The summed E-state index contributed by atoms with van der Waals surface area (Å²) in [5, 5.41) is 11.3. The first kappa shape index (κ1) is 34.3. The van der Waals surface area contributed by atoms with Crippen molar-refractivity contribution in [3.63, 3.8) is 0 Å². The van der Waals surface area contributed by atoms with Crippen LogP contribution in [0.5, 0.6) is 0 Å². The third-order valence-corrected chi connectivity index (χ3v) is 9.82. The molecule has 3 aromatic rings. The van der Waals surface area contributed by atoms with Crippen molar-refractivity contribution in [3.8, 4) is 11.1 Å². The van der Waals surface area contributed by atoms with Gasteiger partial charge in [-0.1, -0.05) is 12.8 Å². The fourth-order valence-corrected chi connectivity index (χ4v) is 7.42. The summed E-state index contributed by atoms with van der Waals surface area (Å²) < 4.78 is 2.15. The molecular weight excluding hydrogens is 690 g/mol. The molecule has 3 atom stereocenters. The number of benzene rings is 1. The molecule has 0 unspecified atom stereocenters. The van der Waals surface area contributed by atoms with Crippen LogP contribution < -0.4 is 10.6 Å². The smallest absolute Gasteiger partial charge is 0.248 e.